The Morgan fingerprint density at radius 2 is 1.43 bits per heavy atom. The molecule has 0 radical (unpaired) electrons. The maximum Gasteiger partial charge on any atom is 0.513 e. The molecule has 0 spiro atoms. The summed E-state index contributed by atoms with van der Waals surface area (Å²) < 4.78 is 26.3. The van der Waals surface area contributed by atoms with E-state index < -0.39 is 30.0 Å². The van der Waals surface area contributed by atoms with E-state index in [1.165, 1.54) is 18.2 Å². The fraction of sp³-hybridized carbons (Fsp3) is 0.655. The normalized spacial score (nSPS) is 13.3. The highest BCUT2D eigenvalue weighted by molar-refractivity contribution is 5.82. The number of ether oxygens (including phenoxy) is 5. The zero-order valence-electron chi connectivity index (χ0n) is 24.7. The second-order valence-corrected chi connectivity index (χ2v) is 10.5. The van der Waals surface area contributed by atoms with Gasteiger partial charge in [0, 0.05) is 18.9 Å². The van der Waals surface area contributed by atoms with E-state index in [9.17, 15) is 24.3 Å². The van der Waals surface area contributed by atoms with Crippen molar-refractivity contribution in [3.63, 3.8) is 0 Å². The summed E-state index contributed by atoms with van der Waals surface area (Å²) in [6.45, 7) is 13.6. The van der Waals surface area contributed by atoms with E-state index in [0.717, 1.165) is 0 Å². The zero-order valence-corrected chi connectivity index (χ0v) is 24.7. The minimum atomic E-state index is -2.09. The van der Waals surface area contributed by atoms with Crippen LogP contribution in [-0.4, -0.2) is 54.3 Å². The third kappa shape index (κ3) is 12.7. The number of rotatable bonds is 17. The number of hydrogen-bond acceptors (Lipinski definition) is 10. The molecule has 11 nitrogen and oxygen atoms in total. The van der Waals surface area contributed by atoms with Gasteiger partial charge in [-0.3, -0.25) is 10.1 Å². The van der Waals surface area contributed by atoms with Crippen LogP contribution in [0, 0.1) is 11.8 Å². The Morgan fingerprint density at radius 1 is 0.875 bits per heavy atom. The van der Waals surface area contributed by atoms with Gasteiger partial charge < -0.3 is 28.8 Å². The summed E-state index contributed by atoms with van der Waals surface area (Å²) in [6.07, 6.45) is 0.0322. The van der Waals surface area contributed by atoms with Gasteiger partial charge in [0.2, 0.25) is 0 Å². The molecular weight excluding hydrogens is 522 g/mol. The molecule has 0 bridgehead atoms. The number of aliphatic carboxylic acids is 1. The van der Waals surface area contributed by atoms with E-state index in [2.05, 4.69) is 5.32 Å². The molecule has 1 unspecified atom stereocenters. The molecule has 0 heterocycles. The first-order valence-electron chi connectivity index (χ1n) is 13.9. The van der Waals surface area contributed by atoms with Gasteiger partial charge in [0.25, 0.3) is 5.72 Å². The summed E-state index contributed by atoms with van der Waals surface area (Å²) in [7, 11) is 0. The van der Waals surface area contributed by atoms with Gasteiger partial charge in [-0.25, -0.2) is 14.4 Å². The molecule has 0 aliphatic rings. The molecule has 1 rings (SSSR count). The Labute approximate surface area is 236 Å². The topological polar surface area (TPSA) is 147 Å². The van der Waals surface area contributed by atoms with Crippen molar-refractivity contribution in [2.45, 2.75) is 98.8 Å². The summed E-state index contributed by atoms with van der Waals surface area (Å²) >= 11 is 0. The predicted octanol–water partition coefficient (Wildman–Crippen LogP) is 5.86. The molecule has 0 saturated heterocycles. The lowest BCUT2D eigenvalue weighted by Gasteiger charge is -2.33. The minimum Gasteiger partial charge on any atom is -0.477 e. The number of benzene rings is 1. The lowest BCUT2D eigenvalue weighted by Crippen LogP contribution is -2.59. The van der Waals surface area contributed by atoms with E-state index in [0.29, 0.717) is 43.1 Å². The monoisotopic (exact) mass is 567 g/mol. The van der Waals surface area contributed by atoms with Crippen molar-refractivity contribution in [3.05, 3.63) is 23.8 Å². The van der Waals surface area contributed by atoms with Crippen molar-refractivity contribution in [1.82, 2.24) is 5.32 Å². The van der Waals surface area contributed by atoms with E-state index in [-0.39, 0.29) is 43.6 Å². The Balaban J connectivity index is 3.34. The first kappa shape index (κ1) is 34.7. The van der Waals surface area contributed by atoms with Crippen LogP contribution in [0.25, 0.3) is 0 Å². The van der Waals surface area contributed by atoms with Gasteiger partial charge in [-0.05, 0) is 62.1 Å². The lowest BCUT2D eigenvalue weighted by molar-refractivity contribution is -0.184. The maximum absolute atomic E-state index is 12.5. The molecule has 0 aliphatic carbocycles. The first-order chi connectivity index (χ1) is 18.8. The Morgan fingerprint density at radius 3 is 1.90 bits per heavy atom. The average Bonchev–Trinajstić information content (AvgIpc) is 2.85. The molecule has 0 aliphatic heterocycles. The number of carboxylic acid groups (broad SMARTS) is 1. The van der Waals surface area contributed by atoms with Crippen LogP contribution in [0.15, 0.2) is 18.2 Å². The van der Waals surface area contributed by atoms with E-state index in [1.807, 2.05) is 34.6 Å². The van der Waals surface area contributed by atoms with Crippen LogP contribution in [0.3, 0.4) is 0 Å². The van der Waals surface area contributed by atoms with Crippen LogP contribution in [0.4, 0.5) is 9.59 Å². The number of esters is 1. The highest BCUT2D eigenvalue weighted by Crippen LogP contribution is 2.31. The number of hydrogen-bond donors (Lipinski definition) is 2. The van der Waals surface area contributed by atoms with Crippen LogP contribution in [-0.2, 0) is 30.2 Å². The molecule has 11 heteroatoms. The molecule has 1 aromatic carbocycles. The first-order valence-corrected chi connectivity index (χ1v) is 13.9. The molecule has 0 saturated carbocycles. The average molecular weight is 568 g/mol. The van der Waals surface area contributed by atoms with Gasteiger partial charge >= 0.3 is 24.2 Å². The molecule has 226 valence electrons. The smallest absolute Gasteiger partial charge is 0.477 e. The van der Waals surface area contributed by atoms with E-state index in [1.54, 1.807) is 13.8 Å². The summed E-state index contributed by atoms with van der Waals surface area (Å²) in [5, 5.41) is 13.1. The van der Waals surface area contributed by atoms with Gasteiger partial charge in [0.05, 0.1) is 13.2 Å². The van der Waals surface area contributed by atoms with Crippen molar-refractivity contribution >= 4 is 24.2 Å². The molecule has 2 N–H and O–H groups in total. The maximum atomic E-state index is 12.5. The third-order valence-corrected chi connectivity index (χ3v) is 5.86. The van der Waals surface area contributed by atoms with Crippen LogP contribution < -0.4 is 14.8 Å². The van der Waals surface area contributed by atoms with E-state index >= 15 is 0 Å². The lowest BCUT2D eigenvalue weighted by atomic mass is 10.00. The second-order valence-electron chi connectivity index (χ2n) is 10.5. The number of carbonyl (C=O) groups excluding carboxylic acids is 3. The highest BCUT2D eigenvalue weighted by atomic mass is 16.7. The fourth-order valence-corrected chi connectivity index (χ4v) is 3.36. The van der Waals surface area contributed by atoms with E-state index in [4.69, 9.17) is 23.7 Å². The standard InChI is InChI=1S/C29H45NO10/c1-8-10-25(31)40-29(26(32)33,30-21(7)9-2)18-22-11-12-23(38-27(34)36-15-13-19(3)4)24(17-22)39-28(35)37-16-14-20(5)6/h11-12,17,19-21,30H,8-10,13-16,18H2,1-7H3,(H,32,33)/t21?,29-/m0/s1. The van der Waals surface area contributed by atoms with Crippen molar-refractivity contribution in [1.29, 1.82) is 0 Å². The Hall–Kier alpha value is -3.34. The molecule has 0 amide bonds. The number of carbonyl (C=O) groups is 4. The van der Waals surface area contributed by atoms with Crippen LogP contribution >= 0.6 is 0 Å². The van der Waals surface area contributed by atoms with Crippen LogP contribution in [0.1, 0.15) is 86.1 Å². The van der Waals surface area contributed by atoms with Crippen molar-refractivity contribution in [2.75, 3.05) is 13.2 Å². The Bertz CT molecular complexity index is 978. The largest absolute Gasteiger partial charge is 0.513 e. The fourth-order valence-electron chi connectivity index (χ4n) is 3.36. The van der Waals surface area contributed by atoms with Gasteiger partial charge in [-0.15, -0.1) is 0 Å². The zero-order chi connectivity index (χ0) is 30.3. The number of carboxylic acids is 1. The summed E-state index contributed by atoms with van der Waals surface area (Å²) in [4.78, 5) is 49.5. The second kappa shape index (κ2) is 17.4. The van der Waals surface area contributed by atoms with Crippen LogP contribution in [0.2, 0.25) is 0 Å². The summed E-state index contributed by atoms with van der Waals surface area (Å²) in [5.74, 6) is -1.75. The van der Waals surface area contributed by atoms with Crippen LogP contribution in [0.5, 0.6) is 11.5 Å². The molecule has 0 aromatic heterocycles. The quantitative estimate of drug-likeness (QED) is 0.101. The van der Waals surface area contributed by atoms with Gasteiger partial charge in [0.1, 0.15) is 0 Å². The Kier molecular flexibility index (Phi) is 15.1. The molecule has 40 heavy (non-hydrogen) atoms. The SMILES string of the molecule is CCCC(=O)O[C@](Cc1ccc(OC(=O)OCCC(C)C)c(OC(=O)OCCC(C)C)c1)(NC(C)CC)C(=O)O. The molecule has 0 fully saturated rings. The number of nitrogens with one attached hydrogen (secondary N) is 1. The van der Waals surface area contributed by atoms with Crippen molar-refractivity contribution in [2.24, 2.45) is 11.8 Å². The third-order valence-electron chi connectivity index (χ3n) is 5.86. The molecule has 2 atom stereocenters. The van der Waals surface area contributed by atoms with Gasteiger partial charge in [0.15, 0.2) is 11.5 Å². The van der Waals surface area contributed by atoms with Crippen molar-refractivity contribution in [3.8, 4) is 11.5 Å². The summed E-state index contributed by atoms with van der Waals surface area (Å²) in [5.41, 5.74) is -1.76. The minimum absolute atomic E-state index is 0.0412. The highest BCUT2D eigenvalue weighted by Gasteiger charge is 2.44. The summed E-state index contributed by atoms with van der Waals surface area (Å²) in [6, 6.07) is 3.86. The predicted molar refractivity (Wildman–Crippen MR) is 147 cm³/mol. The van der Waals surface area contributed by atoms with Gasteiger partial charge in [-0.2, -0.15) is 0 Å². The molecular formula is C29H45NO10. The van der Waals surface area contributed by atoms with Crippen molar-refractivity contribution < 1.29 is 48.0 Å². The molecule has 1 aromatic rings. The van der Waals surface area contributed by atoms with Gasteiger partial charge in [-0.1, -0.05) is 47.6 Å².